The number of quaternary nitrogens is 1. The molecule has 0 heterocycles. The maximum atomic E-state index is 12.9. The van der Waals surface area contributed by atoms with Gasteiger partial charge in [-0.15, -0.1) is 0 Å². The molecule has 2 N–H and O–H groups in total. The van der Waals surface area contributed by atoms with Gasteiger partial charge < -0.3 is 28.8 Å². The van der Waals surface area contributed by atoms with Crippen molar-refractivity contribution in [2.24, 2.45) is 0 Å². The van der Waals surface area contributed by atoms with Crippen LogP contribution in [0.4, 0.5) is 0 Å². The lowest BCUT2D eigenvalue weighted by atomic mass is 10.0. The topological polar surface area (TPSA) is 108 Å². The lowest BCUT2D eigenvalue weighted by Crippen LogP contribution is -2.45. The molecule has 0 fully saturated rings. The number of allylic oxidation sites excluding steroid dienone is 5. The second kappa shape index (κ2) is 49.7. The van der Waals surface area contributed by atoms with Crippen molar-refractivity contribution in [3.63, 3.8) is 0 Å². The van der Waals surface area contributed by atoms with Gasteiger partial charge in [-0.3, -0.25) is 9.36 Å². The van der Waals surface area contributed by atoms with E-state index in [1.165, 1.54) is 212 Å². The van der Waals surface area contributed by atoms with Gasteiger partial charge in [0, 0.05) is 6.42 Å². The second-order valence-electron chi connectivity index (χ2n) is 21.0. The Morgan fingerprint density at radius 1 is 0.522 bits per heavy atom. The number of likely N-dealkylation sites (N-methyl/N-ethyl adjacent to an activating group) is 1. The normalized spacial score (nSPS) is 14.2. The van der Waals surface area contributed by atoms with Gasteiger partial charge in [-0.05, 0) is 51.4 Å². The van der Waals surface area contributed by atoms with Crippen LogP contribution in [0.25, 0.3) is 0 Å². The van der Waals surface area contributed by atoms with E-state index < -0.39 is 20.0 Å². The predicted molar refractivity (Wildman–Crippen MR) is 288 cm³/mol. The van der Waals surface area contributed by atoms with Crippen LogP contribution in [-0.4, -0.2) is 68.5 Å². The fourth-order valence-corrected chi connectivity index (χ4v) is 9.26. The van der Waals surface area contributed by atoms with Crippen LogP contribution in [0.5, 0.6) is 0 Å². The van der Waals surface area contributed by atoms with E-state index >= 15 is 0 Å². The van der Waals surface area contributed by atoms with Gasteiger partial charge in [-0.2, -0.15) is 0 Å². The van der Waals surface area contributed by atoms with Gasteiger partial charge in [-0.1, -0.05) is 256 Å². The number of carbonyl (C=O) groups excluding carboxylic acids is 1. The Hall–Kier alpha value is -1.28. The number of hydrogen-bond acceptors (Lipinski definition) is 6. The Morgan fingerprint density at radius 3 is 1.24 bits per heavy atom. The highest BCUT2D eigenvalue weighted by Crippen LogP contribution is 2.38. The van der Waals surface area contributed by atoms with Gasteiger partial charge >= 0.3 is 0 Å². The van der Waals surface area contributed by atoms with Crippen molar-refractivity contribution in [2.45, 2.75) is 289 Å². The summed E-state index contributed by atoms with van der Waals surface area (Å²) >= 11 is 0. The number of carbonyl (C=O) groups is 1. The zero-order chi connectivity index (χ0) is 49.2. The van der Waals surface area contributed by atoms with Crippen molar-refractivity contribution in [1.29, 1.82) is 0 Å². The first-order valence-electron chi connectivity index (χ1n) is 28.9. The number of phosphoric ester groups is 1. The van der Waals surface area contributed by atoms with Gasteiger partial charge in [-0.25, -0.2) is 0 Å². The molecule has 0 saturated carbocycles. The molecule has 67 heavy (non-hydrogen) atoms. The summed E-state index contributed by atoms with van der Waals surface area (Å²) in [6.45, 7) is 4.63. The van der Waals surface area contributed by atoms with Crippen molar-refractivity contribution < 1.29 is 32.9 Å². The zero-order valence-electron chi connectivity index (χ0n) is 45.1. The molecule has 0 aliphatic heterocycles. The molecule has 0 aromatic heterocycles. The van der Waals surface area contributed by atoms with E-state index in [0.717, 1.165) is 44.9 Å². The summed E-state index contributed by atoms with van der Waals surface area (Å²) in [6.07, 6.45) is 63.9. The second-order valence-corrected chi connectivity index (χ2v) is 22.4. The minimum absolute atomic E-state index is 0.000546. The lowest BCUT2D eigenvalue weighted by molar-refractivity contribution is -0.870. The molecule has 9 heteroatoms. The Morgan fingerprint density at radius 2 is 0.866 bits per heavy atom. The summed E-state index contributed by atoms with van der Waals surface area (Å²) in [5.41, 5.74) is 0. The van der Waals surface area contributed by atoms with E-state index in [1.807, 2.05) is 27.2 Å². The summed E-state index contributed by atoms with van der Waals surface area (Å²) in [4.78, 5) is 25.4. The van der Waals surface area contributed by atoms with Crippen molar-refractivity contribution >= 4 is 13.7 Å². The van der Waals surface area contributed by atoms with Crippen molar-refractivity contribution in [3.8, 4) is 0 Å². The highest BCUT2D eigenvalue weighted by Gasteiger charge is 2.23. The summed E-state index contributed by atoms with van der Waals surface area (Å²) < 4.78 is 23.2. The molecule has 0 spiro atoms. The van der Waals surface area contributed by atoms with Crippen LogP contribution >= 0.6 is 7.82 Å². The Kier molecular flexibility index (Phi) is 48.7. The quantitative estimate of drug-likeness (QED) is 0.0272. The van der Waals surface area contributed by atoms with Crippen molar-refractivity contribution in [3.05, 3.63) is 36.5 Å². The van der Waals surface area contributed by atoms with Crippen LogP contribution in [0.15, 0.2) is 36.5 Å². The molecule has 1 amide bonds. The van der Waals surface area contributed by atoms with E-state index in [4.69, 9.17) is 9.05 Å². The smallest absolute Gasteiger partial charge is 0.268 e. The molecule has 3 unspecified atom stereocenters. The Bertz CT molecular complexity index is 1190. The van der Waals surface area contributed by atoms with Crippen LogP contribution in [0.2, 0.25) is 0 Å². The molecule has 0 aromatic carbocycles. The van der Waals surface area contributed by atoms with Crippen LogP contribution in [-0.2, 0) is 18.4 Å². The number of rotatable bonds is 53. The molecule has 0 aliphatic carbocycles. The van der Waals surface area contributed by atoms with E-state index in [-0.39, 0.29) is 19.1 Å². The molecule has 3 atom stereocenters. The minimum Gasteiger partial charge on any atom is -0.756 e. The van der Waals surface area contributed by atoms with Gasteiger partial charge in [0.2, 0.25) is 5.91 Å². The van der Waals surface area contributed by atoms with Gasteiger partial charge in [0.1, 0.15) is 13.2 Å². The molecule has 0 rings (SSSR count). The maximum Gasteiger partial charge on any atom is 0.268 e. The Labute approximate surface area is 417 Å². The average Bonchev–Trinajstić information content (AvgIpc) is 3.29. The first kappa shape index (κ1) is 65.7. The van der Waals surface area contributed by atoms with Crippen LogP contribution in [0.1, 0.15) is 277 Å². The molecule has 0 radical (unpaired) electrons. The summed E-state index contributed by atoms with van der Waals surface area (Å²) in [5.74, 6) is -0.195. The van der Waals surface area contributed by atoms with Gasteiger partial charge in [0.15, 0.2) is 0 Å². The van der Waals surface area contributed by atoms with Gasteiger partial charge in [0.25, 0.3) is 7.82 Å². The lowest BCUT2D eigenvalue weighted by Gasteiger charge is -2.29. The van der Waals surface area contributed by atoms with E-state index in [0.29, 0.717) is 17.4 Å². The van der Waals surface area contributed by atoms with E-state index in [2.05, 4.69) is 43.5 Å². The maximum absolute atomic E-state index is 12.9. The third-order valence-corrected chi connectivity index (χ3v) is 14.1. The number of unbranched alkanes of at least 4 members (excludes halogenated alkanes) is 36. The largest absolute Gasteiger partial charge is 0.756 e. The molecule has 0 bridgehead atoms. The summed E-state index contributed by atoms with van der Waals surface area (Å²) in [6, 6.07) is -0.882. The number of aliphatic hydroxyl groups excluding tert-OH is 1. The summed E-state index contributed by atoms with van der Waals surface area (Å²) in [7, 11) is 1.27. The highest BCUT2D eigenvalue weighted by molar-refractivity contribution is 7.45. The van der Waals surface area contributed by atoms with Crippen LogP contribution < -0.4 is 10.2 Å². The van der Waals surface area contributed by atoms with Crippen molar-refractivity contribution in [2.75, 3.05) is 40.9 Å². The SMILES string of the molecule is CCCCCCC/C=C\C/C=C\CCCCCCCCCCCCCCCCCCCCCCCCCC(=O)NC(COP(=O)([O-])OCC[N+](C)(C)C)C(O)/C=C/CCCCCCCCCC. The first-order chi connectivity index (χ1) is 32.5. The van der Waals surface area contributed by atoms with E-state index in [9.17, 15) is 19.4 Å². The Balaban J connectivity index is 3.88. The molecule has 8 nitrogen and oxygen atoms in total. The molecular weight excluding hydrogens is 852 g/mol. The number of phosphoric acid groups is 1. The number of nitrogens with one attached hydrogen (secondary N) is 1. The molecule has 396 valence electrons. The number of amides is 1. The standard InChI is InChI=1S/C58H113N2O6P/c1-6-8-10-12-14-16-18-19-20-21-22-23-24-25-26-27-28-29-30-31-32-33-34-35-36-37-38-39-40-41-42-44-46-48-50-52-58(62)59-56(55-66-67(63,64)65-54-53-60(3,4)5)57(61)51-49-47-45-43-17-15-13-11-9-7-2/h18-19,21-22,49,51,56-57,61H,6-17,20,23-48,50,52-55H2,1-5H3,(H-,59,62,63,64)/b19-18-,22-21-,51-49+. The molecule has 0 saturated heterocycles. The fourth-order valence-electron chi connectivity index (χ4n) is 8.54. The minimum atomic E-state index is -4.59. The van der Waals surface area contributed by atoms with Crippen LogP contribution in [0.3, 0.4) is 0 Å². The molecular formula is C58H113N2O6P. The zero-order valence-corrected chi connectivity index (χ0v) is 46.0. The average molecular weight is 966 g/mol. The van der Waals surface area contributed by atoms with Crippen molar-refractivity contribution in [1.82, 2.24) is 5.32 Å². The van der Waals surface area contributed by atoms with E-state index in [1.54, 1.807) is 6.08 Å². The molecule has 0 aromatic rings. The van der Waals surface area contributed by atoms with Crippen LogP contribution in [0, 0.1) is 0 Å². The third kappa shape index (κ3) is 52.4. The number of hydrogen-bond donors (Lipinski definition) is 2. The number of aliphatic hydroxyl groups is 1. The highest BCUT2D eigenvalue weighted by atomic mass is 31.2. The molecule has 0 aliphatic rings. The predicted octanol–water partition coefficient (Wildman–Crippen LogP) is 16.7. The first-order valence-corrected chi connectivity index (χ1v) is 30.3. The third-order valence-electron chi connectivity index (χ3n) is 13.1. The fraction of sp³-hybridized carbons (Fsp3) is 0.879. The number of nitrogens with zero attached hydrogens (tertiary/aromatic N) is 1. The summed E-state index contributed by atoms with van der Waals surface area (Å²) in [5, 5.41) is 13.8. The monoisotopic (exact) mass is 965 g/mol. The van der Waals surface area contributed by atoms with Gasteiger partial charge in [0.05, 0.1) is 39.9 Å².